The van der Waals surface area contributed by atoms with Crippen LogP contribution in [0.15, 0.2) is 23.0 Å². The Hall–Kier alpha value is -1.93. The SMILES string of the molecule is CC[C@@H]1COc2c(ccc3[nH]c(=O)cc(Cl)c23)N1C[C@H](O)C(F)(F)F. The van der Waals surface area contributed by atoms with Gasteiger partial charge in [-0.15, -0.1) is 0 Å². The molecule has 2 aromatic rings. The fraction of sp³-hybridized carbons (Fsp3) is 0.438. The van der Waals surface area contributed by atoms with Gasteiger partial charge in [-0.3, -0.25) is 4.79 Å². The van der Waals surface area contributed by atoms with E-state index in [0.717, 1.165) is 0 Å². The molecule has 0 bridgehead atoms. The molecule has 0 radical (unpaired) electrons. The molecule has 0 fully saturated rings. The molecule has 9 heteroatoms. The molecule has 0 amide bonds. The number of H-pyrrole nitrogens is 1. The zero-order valence-electron chi connectivity index (χ0n) is 13.2. The van der Waals surface area contributed by atoms with Crippen molar-refractivity contribution >= 4 is 28.2 Å². The predicted octanol–water partition coefficient (Wildman–Crippen LogP) is 3.08. The number of β-amino-alcohol motifs (C(OH)–C–C–N with tert-alkyl or cyclic N) is 1. The van der Waals surface area contributed by atoms with Crippen molar-refractivity contribution in [1.82, 2.24) is 4.98 Å². The third-order valence-corrected chi connectivity index (χ3v) is 4.58. The Kier molecular flexibility index (Phi) is 4.59. The zero-order valence-corrected chi connectivity index (χ0v) is 14.0. The highest BCUT2D eigenvalue weighted by Crippen LogP contribution is 2.42. The normalized spacial score (nSPS) is 18.8. The van der Waals surface area contributed by atoms with Gasteiger partial charge >= 0.3 is 6.18 Å². The molecule has 1 aliphatic heterocycles. The van der Waals surface area contributed by atoms with Crippen molar-refractivity contribution in [2.45, 2.75) is 31.7 Å². The van der Waals surface area contributed by atoms with Crippen LogP contribution in [-0.4, -0.2) is 41.6 Å². The molecule has 2 atom stereocenters. The van der Waals surface area contributed by atoms with Crippen LogP contribution in [0.4, 0.5) is 18.9 Å². The van der Waals surface area contributed by atoms with Crippen LogP contribution in [0.5, 0.6) is 5.75 Å². The van der Waals surface area contributed by atoms with Gasteiger partial charge in [-0.05, 0) is 18.6 Å². The van der Waals surface area contributed by atoms with Crippen LogP contribution in [-0.2, 0) is 0 Å². The summed E-state index contributed by atoms with van der Waals surface area (Å²) in [7, 11) is 0. The quantitative estimate of drug-likeness (QED) is 0.864. The standard InChI is InChI=1S/C16H16ClF3N2O3/c1-2-8-7-25-15-11(22(8)6-12(23)16(18,19)20)4-3-10-14(15)9(17)5-13(24)21-10/h3-5,8,12,23H,2,6-7H2,1H3,(H,21,24)/t8-,12+/m1/s1. The molecule has 2 heterocycles. The number of nitrogens with zero attached hydrogens (tertiary/aromatic N) is 1. The van der Waals surface area contributed by atoms with Gasteiger partial charge in [-0.2, -0.15) is 13.2 Å². The second kappa shape index (κ2) is 6.42. The third-order valence-electron chi connectivity index (χ3n) is 4.28. The van der Waals surface area contributed by atoms with E-state index in [-0.39, 0.29) is 23.2 Å². The van der Waals surface area contributed by atoms with Crippen LogP contribution in [0.25, 0.3) is 10.9 Å². The highest BCUT2D eigenvalue weighted by Gasteiger charge is 2.41. The summed E-state index contributed by atoms with van der Waals surface area (Å²) >= 11 is 6.15. The van der Waals surface area contributed by atoms with Gasteiger partial charge in [0.05, 0.1) is 34.2 Å². The lowest BCUT2D eigenvalue weighted by Gasteiger charge is -2.40. The van der Waals surface area contributed by atoms with E-state index in [1.54, 1.807) is 12.1 Å². The van der Waals surface area contributed by atoms with Gasteiger partial charge in [0.25, 0.3) is 0 Å². The summed E-state index contributed by atoms with van der Waals surface area (Å²) in [5, 5.41) is 10.1. The Morgan fingerprint density at radius 2 is 2.20 bits per heavy atom. The first kappa shape index (κ1) is 17.9. The van der Waals surface area contributed by atoms with Gasteiger partial charge in [-0.25, -0.2) is 0 Å². The number of aliphatic hydroxyl groups is 1. The van der Waals surface area contributed by atoms with E-state index >= 15 is 0 Å². The first-order valence-corrected chi connectivity index (χ1v) is 8.10. The number of benzene rings is 1. The van der Waals surface area contributed by atoms with Gasteiger partial charge in [-0.1, -0.05) is 18.5 Å². The van der Waals surface area contributed by atoms with Crippen molar-refractivity contribution in [2.24, 2.45) is 0 Å². The molecule has 0 saturated carbocycles. The molecule has 1 aliphatic rings. The van der Waals surface area contributed by atoms with E-state index in [0.29, 0.717) is 28.8 Å². The summed E-state index contributed by atoms with van der Waals surface area (Å²) in [4.78, 5) is 15.6. The molecule has 1 aromatic carbocycles. The number of rotatable bonds is 3. The van der Waals surface area contributed by atoms with E-state index in [4.69, 9.17) is 16.3 Å². The molecule has 1 aromatic heterocycles. The molecule has 136 valence electrons. The molecule has 0 saturated heterocycles. The topological polar surface area (TPSA) is 65.6 Å². The second-order valence-corrected chi connectivity index (χ2v) is 6.31. The fourth-order valence-corrected chi connectivity index (χ4v) is 3.27. The zero-order chi connectivity index (χ0) is 18.4. The summed E-state index contributed by atoms with van der Waals surface area (Å²) in [6.45, 7) is 1.38. The first-order valence-electron chi connectivity index (χ1n) is 7.72. The van der Waals surface area contributed by atoms with Crippen LogP contribution in [0, 0.1) is 0 Å². The summed E-state index contributed by atoms with van der Waals surface area (Å²) in [5.74, 6) is 0.304. The number of hydrogen-bond donors (Lipinski definition) is 2. The van der Waals surface area contributed by atoms with Gasteiger partial charge in [0.1, 0.15) is 6.61 Å². The van der Waals surface area contributed by atoms with E-state index in [1.165, 1.54) is 11.0 Å². The number of ether oxygens (including phenoxy) is 1. The van der Waals surface area contributed by atoms with Crippen LogP contribution < -0.4 is 15.2 Å². The van der Waals surface area contributed by atoms with Crippen LogP contribution in [0.2, 0.25) is 5.02 Å². The number of alkyl halides is 3. The third kappa shape index (κ3) is 3.28. The number of halogens is 4. The highest BCUT2D eigenvalue weighted by molar-refractivity contribution is 6.36. The Morgan fingerprint density at radius 3 is 2.84 bits per heavy atom. The molecule has 3 rings (SSSR count). The number of fused-ring (bicyclic) bond motifs is 3. The minimum Gasteiger partial charge on any atom is -0.488 e. The number of aliphatic hydroxyl groups excluding tert-OH is 1. The van der Waals surface area contributed by atoms with Crippen LogP contribution >= 0.6 is 11.6 Å². The van der Waals surface area contributed by atoms with Crippen molar-refractivity contribution in [3.8, 4) is 5.75 Å². The molecule has 0 aliphatic carbocycles. The Morgan fingerprint density at radius 1 is 1.48 bits per heavy atom. The van der Waals surface area contributed by atoms with Crippen molar-refractivity contribution in [2.75, 3.05) is 18.1 Å². The summed E-state index contributed by atoms with van der Waals surface area (Å²) in [5.41, 5.74) is 0.453. The lowest BCUT2D eigenvalue weighted by molar-refractivity contribution is -0.200. The fourth-order valence-electron chi connectivity index (χ4n) is 2.98. The van der Waals surface area contributed by atoms with E-state index in [9.17, 15) is 23.1 Å². The highest BCUT2D eigenvalue weighted by atomic mass is 35.5. The molecule has 0 unspecified atom stereocenters. The van der Waals surface area contributed by atoms with Gasteiger partial charge < -0.3 is 19.7 Å². The van der Waals surface area contributed by atoms with E-state index in [1.807, 2.05) is 6.92 Å². The van der Waals surface area contributed by atoms with Gasteiger partial charge in [0.15, 0.2) is 11.9 Å². The molecular weight excluding hydrogens is 361 g/mol. The molecule has 5 nitrogen and oxygen atoms in total. The summed E-state index contributed by atoms with van der Waals surface area (Å²) < 4.78 is 44.2. The Balaban J connectivity index is 2.12. The number of pyridine rings is 1. The lowest BCUT2D eigenvalue weighted by atomic mass is 10.1. The number of nitrogens with one attached hydrogen (secondary N) is 1. The summed E-state index contributed by atoms with van der Waals surface area (Å²) in [6.07, 6.45) is -6.65. The molecule has 2 N–H and O–H groups in total. The first-order chi connectivity index (χ1) is 11.7. The molecule has 0 spiro atoms. The van der Waals surface area contributed by atoms with Crippen LogP contribution in [0.3, 0.4) is 0 Å². The minimum absolute atomic E-state index is 0.155. The second-order valence-electron chi connectivity index (χ2n) is 5.90. The molecular formula is C16H16ClF3N2O3. The number of hydrogen-bond acceptors (Lipinski definition) is 4. The number of aromatic nitrogens is 1. The summed E-state index contributed by atoms with van der Waals surface area (Å²) in [6, 6.07) is 4.00. The van der Waals surface area contributed by atoms with Gasteiger partial charge in [0.2, 0.25) is 5.56 Å². The van der Waals surface area contributed by atoms with Crippen molar-refractivity contribution in [3.05, 3.63) is 33.6 Å². The van der Waals surface area contributed by atoms with Crippen molar-refractivity contribution in [3.63, 3.8) is 0 Å². The largest absolute Gasteiger partial charge is 0.488 e. The Labute approximate surface area is 146 Å². The number of aromatic amines is 1. The maximum Gasteiger partial charge on any atom is 0.416 e. The predicted molar refractivity (Wildman–Crippen MR) is 88.6 cm³/mol. The van der Waals surface area contributed by atoms with Crippen molar-refractivity contribution in [1.29, 1.82) is 0 Å². The van der Waals surface area contributed by atoms with E-state index in [2.05, 4.69) is 4.98 Å². The smallest absolute Gasteiger partial charge is 0.416 e. The van der Waals surface area contributed by atoms with Gasteiger partial charge in [0, 0.05) is 6.07 Å². The maximum absolute atomic E-state index is 12.8. The molecule has 25 heavy (non-hydrogen) atoms. The lowest BCUT2D eigenvalue weighted by Crippen LogP contribution is -2.49. The monoisotopic (exact) mass is 376 g/mol. The maximum atomic E-state index is 12.8. The Bertz CT molecular complexity index is 853. The average molecular weight is 377 g/mol. The van der Waals surface area contributed by atoms with Crippen LogP contribution in [0.1, 0.15) is 13.3 Å². The van der Waals surface area contributed by atoms with Crippen molar-refractivity contribution < 1.29 is 23.0 Å². The van der Waals surface area contributed by atoms with E-state index < -0.39 is 18.8 Å². The number of anilines is 1. The average Bonchev–Trinajstić information content (AvgIpc) is 2.53. The minimum atomic E-state index is -4.71.